The molecule has 0 atom stereocenters. The Labute approximate surface area is 122 Å². The van der Waals surface area contributed by atoms with Gasteiger partial charge < -0.3 is 10.6 Å². The van der Waals surface area contributed by atoms with Crippen LogP contribution in [0.4, 0.5) is 15.9 Å². The van der Waals surface area contributed by atoms with Crippen LogP contribution >= 0.6 is 0 Å². The predicted octanol–water partition coefficient (Wildman–Crippen LogP) is 2.89. The molecule has 0 aliphatic heterocycles. The Morgan fingerprint density at radius 2 is 1.90 bits per heavy atom. The number of rotatable bonds is 6. The van der Waals surface area contributed by atoms with Gasteiger partial charge in [-0.3, -0.25) is 4.79 Å². The molecule has 2 aromatic rings. The Kier molecular flexibility index (Phi) is 5.20. The summed E-state index contributed by atoms with van der Waals surface area (Å²) in [4.78, 5) is 11.8. The Morgan fingerprint density at radius 3 is 2.52 bits per heavy atom. The highest BCUT2D eigenvalue weighted by Crippen LogP contribution is 2.14. The van der Waals surface area contributed by atoms with E-state index >= 15 is 0 Å². The minimum absolute atomic E-state index is 0.232. The zero-order valence-electron chi connectivity index (χ0n) is 11.8. The number of anilines is 2. The van der Waals surface area contributed by atoms with Gasteiger partial charge in [0.1, 0.15) is 5.82 Å². The largest absolute Gasteiger partial charge is 0.351 e. The molecular weight excluding hydrogens is 271 g/mol. The van der Waals surface area contributed by atoms with Gasteiger partial charge in [-0.15, -0.1) is 10.2 Å². The predicted molar refractivity (Wildman–Crippen MR) is 79.0 cm³/mol. The summed E-state index contributed by atoms with van der Waals surface area (Å²) in [5.41, 5.74) is 0.974. The zero-order chi connectivity index (χ0) is 15.1. The van der Waals surface area contributed by atoms with E-state index in [1.165, 1.54) is 12.1 Å². The molecule has 0 saturated carbocycles. The minimum Gasteiger partial charge on any atom is -0.351 e. The Hall–Kier alpha value is -2.50. The van der Waals surface area contributed by atoms with E-state index in [-0.39, 0.29) is 17.4 Å². The van der Waals surface area contributed by atoms with Crippen LogP contribution < -0.4 is 10.6 Å². The molecule has 0 spiro atoms. The molecule has 0 fully saturated rings. The van der Waals surface area contributed by atoms with Gasteiger partial charge in [-0.1, -0.05) is 13.3 Å². The molecule has 0 radical (unpaired) electrons. The standard InChI is InChI=1S/C15H17FN4O/c1-2-3-10-17-15(21)13-8-9-14(20-19-13)18-12-6-4-11(16)5-7-12/h4-9H,2-3,10H2,1H3,(H,17,21)(H,18,20). The summed E-state index contributed by atoms with van der Waals surface area (Å²) >= 11 is 0. The van der Waals surface area contributed by atoms with E-state index in [1.807, 2.05) is 0 Å². The van der Waals surface area contributed by atoms with E-state index in [0.29, 0.717) is 18.1 Å². The van der Waals surface area contributed by atoms with Gasteiger partial charge in [0.05, 0.1) is 0 Å². The summed E-state index contributed by atoms with van der Waals surface area (Å²) in [6, 6.07) is 9.16. The second-order valence-electron chi connectivity index (χ2n) is 4.55. The first kappa shape index (κ1) is 14.9. The molecule has 0 saturated heterocycles. The van der Waals surface area contributed by atoms with Gasteiger partial charge in [-0.05, 0) is 42.8 Å². The quantitative estimate of drug-likeness (QED) is 0.802. The number of hydrogen-bond acceptors (Lipinski definition) is 4. The molecule has 6 heteroatoms. The summed E-state index contributed by atoms with van der Waals surface area (Å²) in [5.74, 6) is -0.0401. The third-order valence-corrected chi connectivity index (χ3v) is 2.83. The van der Waals surface area contributed by atoms with Crippen LogP contribution in [0.2, 0.25) is 0 Å². The van der Waals surface area contributed by atoms with Crippen molar-refractivity contribution >= 4 is 17.4 Å². The molecule has 2 N–H and O–H groups in total. The molecule has 1 heterocycles. The van der Waals surface area contributed by atoms with Crippen molar-refractivity contribution in [1.82, 2.24) is 15.5 Å². The third-order valence-electron chi connectivity index (χ3n) is 2.83. The van der Waals surface area contributed by atoms with Crippen molar-refractivity contribution in [2.24, 2.45) is 0 Å². The third kappa shape index (κ3) is 4.52. The van der Waals surface area contributed by atoms with E-state index in [0.717, 1.165) is 12.8 Å². The van der Waals surface area contributed by atoms with E-state index in [9.17, 15) is 9.18 Å². The maximum absolute atomic E-state index is 12.8. The topological polar surface area (TPSA) is 66.9 Å². The number of nitrogens with zero attached hydrogens (tertiary/aromatic N) is 2. The maximum atomic E-state index is 12.8. The Bertz CT molecular complexity index is 584. The van der Waals surface area contributed by atoms with E-state index in [2.05, 4.69) is 27.8 Å². The SMILES string of the molecule is CCCCNC(=O)c1ccc(Nc2ccc(F)cc2)nn1. The molecule has 0 bridgehead atoms. The van der Waals surface area contributed by atoms with Crippen molar-refractivity contribution in [1.29, 1.82) is 0 Å². The Morgan fingerprint density at radius 1 is 1.14 bits per heavy atom. The lowest BCUT2D eigenvalue weighted by Gasteiger charge is -2.06. The lowest BCUT2D eigenvalue weighted by Crippen LogP contribution is -2.25. The number of carbonyl (C=O) groups excluding carboxylic acids is 1. The van der Waals surface area contributed by atoms with Crippen molar-refractivity contribution in [3.05, 3.63) is 47.9 Å². The summed E-state index contributed by atoms with van der Waals surface area (Å²) in [6.07, 6.45) is 1.95. The van der Waals surface area contributed by atoms with Crippen LogP contribution in [0.25, 0.3) is 0 Å². The van der Waals surface area contributed by atoms with Crippen LogP contribution in [0.3, 0.4) is 0 Å². The fraction of sp³-hybridized carbons (Fsp3) is 0.267. The molecule has 1 aromatic carbocycles. The number of hydrogen-bond donors (Lipinski definition) is 2. The van der Waals surface area contributed by atoms with Crippen LogP contribution in [0.1, 0.15) is 30.3 Å². The molecule has 5 nitrogen and oxygen atoms in total. The minimum atomic E-state index is -0.300. The second-order valence-corrected chi connectivity index (χ2v) is 4.55. The fourth-order valence-electron chi connectivity index (χ4n) is 1.67. The molecule has 1 amide bonds. The van der Waals surface area contributed by atoms with Crippen molar-refractivity contribution in [2.45, 2.75) is 19.8 Å². The summed E-state index contributed by atoms with van der Waals surface area (Å²) in [5, 5.41) is 13.6. The van der Waals surface area contributed by atoms with Crippen LogP contribution in [0.5, 0.6) is 0 Å². The summed E-state index contributed by atoms with van der Waals surface area (Å²) in [7, 11) is 0. The van der Waals surface area contributed by atoms with E-state index in [1.54, 1.807) is 24.3 Å². The normalized spacial score (nSPS) is 10.2. The highest BCUT2D eigenvalue weighted by molar-refractivity contribution is 5.92. The van der Waals surface area contributed by atoms with Crippen molar-refractivity contribution < 1.29 is 9.18 Å². The average Bonchev–Trinajstić information content (AvgIpc) is 2.50. The molecular formula is C15H17FN4O. The number of carbonyl (C=O) groups is 1. The number of benzene rings is 1. The monoisotopic (exact) mass is 288 g/mol. The molecule has 110 valence electrons. The number of aromatic nitrogens is 2. The first-order valence-electron chi connectivity index (χ1n) is 6.83. The zero-order valence-corrected chi connectivity index (χ0v) is 11.8. The van der Waals surface area contributed by atoms with Gasteiger partial charge in [-0.2, -0.15) is 0 Å². The average molecular weight is 288 g/mol. The fourth-order valence-corrected chi connectivity index (χ4v) is 1.67. The molecule has 0 aliphatic rings. The van der Waals surface area contributed by atoms with E-state index in [4.69, 9.17) is 0 Å². The van der Waals surface area contributed by atoms with Crippen molar-refractivity contribution in [2.75, 3.05) is 11.9 Å². The van der Waals surface area contributed by atoms with Gasteiger partial charge in [0.25, 0.3) is 5.91 Å². The van der Waals surface area contributed by atoms with Gasteiger partial charge in [0.2, 0.25) is 0 Å². The van der Waals surface area contributed by atoms with E-state index < -0.39 is 0 Å². The lowest BCUT2D eigenvalue weighted by molar-refractivity contribution is 0.0947. The van der Waals surface area contributed by atoms with Gasteiger partial charge in [0, 0.05) is 12.2 Å². The first-order valence-corrected chi connectivity index (χ1v) is 6.83. The van der Waals surface area contributed by atoms with Crippen molar-refractivity contribution in [3.63, 3.8) is 0 Å². The number of halogens is 1. The van der Waals surface area contributed by atoms with Gasteiger partial charge in [0.15, 0.2) is 11.5 Å². The number of unbranched alkanes of at least 4 members (excludes halogenated alkanes) is 1. The first-order chi connectivity index (χ1) is 10.2. The second kappa shape index (κ2) is 7.33. The van der Waals surface area contributed by atoms with Crippen LogP contribution in [0.15, 0.2) is 36.4 Å². The molecule has 0 aliphatic carbocycles. The number of amides is 1. The van der Waals surface area contributed by atoms with Crippen LogP contribution in [0, 0.1) is 5.82 Å². The summed E-state index contributed by atoms with van der Waals surface area (Å²) < 4.78 is 12.8. The Balaban J connectivity index is 1.95. The van der Waals surface area contributed by atoms with Gasteiger partial charge in [-0.25, -0.2) is 4.39 Å². The molecule has 2 rings (SSSR count). The molecule has 1 aromatic heterocycles. The van der Waals surface area contributed by atoms with Gasteiger partial charge >= 0.3 is 0 Å². The highest BCUT2D eigenvalue weighted by Gasteiger charge is 2.07. The molecule has 0 unspecified atom stereocenters. The van der Waals surface area contributed by atoms with Crippen LogP contribution in [-0.2, 0) is 0 Å². The smallest absolute Gasteiger partial charge is 0.271 e. The highest BCUT2D eigenvalue weighted by atomic mass is 19.1. The maximum Gasteiger partial charge on any atom is 0.271 e. The lowest BCUT2D eigenvalue weighted by atomic mass is 10.3. The number of nitrogens with one attached hydrogen (secondary N) is 2. The van der Waals surface area contributed by atoms with Crippen molar-refractivity contribution in [3.8, 4) is 0 Å². The van der Waals surface area contributed by atoms with Crippen LogP contribution in [-0.4, -0.2) is 22.6 Å². The summed E-state index contributed by atoms with van der Waals surface area (Å²) in [6.45, 7) is 2.69. The molecule has 21 heavy (non-hydrogen) atoms.